The fourth-order valence-electron chi connectivity index (χ4n) is 7.06. The summed E-state index contributed by atoms with van der Waals surface area (Å²) in [6, 6.07) is 15.3. The van der Waals surface area contributed by atoms with Crippen LogP contribution in [0.1, 0.15) is 62.1 Å². The summed E-state index contributed by atoms with van der Waals surface area (Å²) in [7, 11) is 1.73. The zero-order chi connectivity index (χ0) is 21.4. The maximum Gasteiger partial charge on any atom is 0.161 e. The van der Waals surface area contributed by atoms with Crippen molar-refractivity contribution in [1.29, 1.82) is 0 Å². The van der Waals surface area contributed by atoms with Gasteiger partial charge >= 0.3 is 0 Å². The molecule has 166 valence electrons. The highest BCUT2D eigenvalue weighted by molar-refractivity contribution is 5.43. The van der Waals surface area contributed by atoms with Crippen molar-refractivity contribution in [2.75, 3.05) is 7.11 Å². The molecule has 3 nitrogen and oxygen atoms in total. The van der Waals surface area contributed by atoms with Crippen LogP contribution < -0.4 is 14.8 Å². The molecule has 2 aromatic rings. The molecule has 0 amide bonds. The van der Waals surface area contributed by atoms with E-state index in [0.717, 1.165) is 35.8 Å². The smallest absolute Gasteiger partial charge is 0.161 e. The minimum atomic E-state index is 0.537. The molecule has 4 fully saturated rings. The number of methoxy groups -OCH3 is 1. The van der Waals surface area contributed by atoms with E-state index in [1.165, 1.54) is 55.2 Å². The molecule has 0 unspecified atom stereocenters. The maximum absolute atomic E-state index is 6.09. The van der Waals surface area contributed by atoms with Gasteiger partial charge in [-0.15, -0.1) is 0 Å². The van der Waals surface area contributed by atoms with Gasteiger partial charge in [0.2, 0.25) is 0 Å². The Bertz CT molecular complexity index is 886. The summed E-state index contributed by atoms with van der Waals surface area (Å²) in [6.45, 7) is 6.00. The van der Waals surface area contributed by atoms with Gasteiger partial charge in [0.25, 0.3) is 0 Å². The monoisotopic (exact) mass is 419 g/mol. The summed E-state index contributed by atoms with van der Waals surface area (Å²) in [5, 5.41) is 3.90. The third kappa shape index (κ3) is 4.22. The van der Waals surface area contributed by atoms with Gasteiger partial charge in [-0.1, -0.05) is 30.3 Å². The van der Waals surface area contributed by atoms with Crippen molar-refractivity contribution < 1.29 is 9.47 Å². The standard InChI is InChI=1S/C28H37NO2/c1-19-6-4-5-7-25(19)18-31-26-9-8-21(13-27(26)30-3)17-29-20(2)28-14-22-10-23(15-28)12-24(11-22)16-28/h4-9,13,20,22-24,29H,10-12,14-18H2,1-3H3/t20-,22?,23?,24?,28?/m1/s1. The van der Waals surface area contributed by atoms with Crippen molar-refractivity contribution in [1.82, 2.24) is 5.32 Å². The first-order valence-electron chi connectivity index (χ1n) is 12.1. The molecule has 3 heteroatoms. The van der Waals surface area contributed by atoms with Crippen molar-refractivity contribution in [3.05, 3.63) is 59.2 Å². The number of hydrogen-bond acceptors (Lipinski definition) is 3. The van der Waals surface area contributed by atoms with Gasteiger partial charge in [-0.25, -0.2) is 0 Å². The lowest BCUT2D eigenvalue weighted by Gasteiger charge is -2.59. The molecule has 1 atom stereocenters. The number of aryl methyl sites for hydroxylation is 1. The molecule has 0 aromatic heterocycles. The molecule has 4 aliphatic carbocycles. The van der Waals surface area contributed by atoms with Crippen molar-refractivity contribution >= 4 is 0 Å². The van der Waals surface area contributed by atoms with Gasteiger partial charge in [-0.3, -0.25) is 0 Å². The van der Waals surface area contributed by atoms with E-state index in [4.69, 9.17) is 9.47 Å². The SMILES string of the molecule is COc1cc(CN[C@H](C)C23CC4CC(CC(C4)C2)C3)ccc1OCc1ccccc1C. The van der Waals surface area contributed by atoms with E-state index < -0.39 is 0 Å². The van der Waals surface area contributed by atoms with Gasteiger partial charge in [0.15, 0.2) is 11.5 Å². The Kier molecular flexibility index (Phi) is 5.73. The molecule has 0 heterocycles. The van der Waals surface area contributed by atoms with Gasteiger partial charge in [-0.05, 0) is 104 Å². The average Bonchev–Trinajstić information content (AvgIpc) is 2.76. The van der Waals surface area contributed by atoms with Gasteiger partial charge in [0, 0.05) is 12.6 Å². The molecule has 2 aromatic carbocycles. The fraction of sp³-hybridized carbons (Fsp3) is 0.571. The Balaban J connectivity index is 1.21. The summed E-state index contributed by atoms with van der Waals surface area (Å²) in [5.74, 6) is 4.62. The first-order chi connectivity index (χ1) is 15.0. The average molecular weight is 420 g/mol. The molecule has 6 rings (SSSR count). The lowest BCUT2D eigenvalue weighted by atomic mass is 9.48. The molecule has 4 bridgehead atoms. The molecule has 0 aliphatic heterocycles. The van der Waals surface area contributed by atoms with Gasteiger partial charge in [-0.2, -0.15) is 0 Å². The van der Waals surface area contributed by atoms with Crippen LogP contribution in [0.5, 0.6) is 11.5 Å². The van der Waals surface area contributed by atoms with Crippen LogP contribution in [0.4, 0.5) is 0 Å². The van der Waals surface area contributed by atoms with E-state index in [2.05, 4.69) is 61.6 Å². The minimum absolute atomic E-state index is 0.537. The Hall–Kier alpha value is -2.00. The van der Waals surface area contributed by atoms with Crippen LogP contribution in [0, 0.1) is 30.1 Å². The Morgan fingerprint density at radius 1 is 0.968 bits per heavy atom. The van der Waals surface area contributed by atoms with Crippen molar-refractivity contribution in [3.8, 4) is 11.5 Å². The Morgan fingerprint density at radius 2 is 1.65 bits per heavy atom. The van der Waals surface area contributed by atoms with Gasteiger partial charge in [0.05, 0.1) is 7.11 Å². The lowest BCUT2D eigenvalue weighted by molar-refractivity contribution is -0.0706. The molecular weight excluding hydrogens is 382 g/mol. The van der Waals surface area contributed by atoms with Crippen molar-refractivity contribution in [2.45, 2.75) is 71.6 Å². The quantitative estimate of drug-likeness (QED) is 0.546. The largest absolute Gasteiger partial charge is 0.493 e. The van der Waals surface area contributed by atoms with Crippen molar-refractivity contribution in [3.63, 3.8) is 0 Å². The summed E-state index contributed by atoms with van der Waals surface area (Å²) >= 11 is 0. The predicted molar refractivity (Wildman–Crippen MR) is 125 cm³/mol. The van der Waals surface area contributed by atoms with Crippen molar-refractivity contribution in [2.24, 2.45) is 23.2 Å². The summed E-state index contributed by atoms with van der Waals surface area (Å²) < 4.78 is 11.8. The number of ether oxygens (including phenoxy) is 2. The van der Waals surface area contributed by atoms with Crippen LogP contribution in [0.2, 0.25) is 0 Å². The zero-order valence-corrected chi connectivity index (χ0v) is 19.3. The molecular formula is C28H37NO2. The summed E-state index contributed by atoms with van der Waals surface area (Å²) in [6.07, 6.45) is 8.86. The van der Waals surface area contributed by atoms with E-state index in [-0.39, 0.29) is 0 Å². The van der Waals surface area contributed by atoms with E-state index in [9.17, 15) is 0 Å². The van der Waals surface area contributed by atoms with E-state index in [1.807, 2.05) is 0 Å². The number of rotatable bonds is 8. The third-order valence-electron chi connectivity index (χ3n) is 8.49. The molecule has 4 aliphatic rings. The van der Waals surface area contributed by atoms with Gasteiger partial charge in [0.1, 0.15) is 6.61 Å². The molecule has 1 N–H and O–H groups in total. The minimum Gasteiger partial charge on any atom is -0.493 e. The molecule has 31 heavy (non-hydrogen) atoms. The molecule has 0 radical (unpaired) electrons. The first-order valence-corrected chi connectivity index (χ1v) is 12.1. The second-order valence-corrected chi connectivity index (χ2v) is 10.6. The van der Waals surface area contributed by atoms with Gasteiger partial charge < -0.3 is 14.8 Å². The second-order valence-electron chi connectivity index (χ2n) is 10.6. The van der Waals surface area contributed by atoms with Crippen LogP contribution in [-0.2, 0) is 13.2 Å². The molecule has 4 saturated carbocycles. The molecule has 0 saturated heterocycles. The van der Waals surface area contributed by atoms with Crippen LogP contribution in [-0.4, -0.2) is 13.2 Å². The maximum atomic E-state index is 6.09. The van der Waals surface area contributed by atoms with Crippen LogP contribution in [0.3, 0.4) is 0 Å². The second kappa shape index (κ2) is 8.50. The predicted octanol–water partition coefficient (Wildman–Crippen LogP) is 6.28. The highest BCUT2D eigenvalue weighted by Crippen LogP contribution is 2.61. The number of hydrogen-bond donors (Lipinski definition) is 1. The normalized spacial score (nSPS) is 29.7. The highest BCUT2D eigenvalue weighted by Gasteiger charge is 2.52. The Labute approximate surface area is 187 Å². The third-order valence-corrected chi connectivity index (χ3v) is 8.49. The number of benzene rings is 2. The van der Waals surface area contributed by atoms with E-state index in [1.54, 1.807) is 7.11 Å². The van der Waals surface area contributed by atoms with E-state index >= 15 is 0 Å². The zero-order valence-electron chi connectivity index (χ0n) is 19.3. The van der Waals surface area contributed by atoms with E-state index in [0.29, 0.717) is 18.1 Å². The summed E-state index contributed by atoms with van der Waals surface area (Å²) in [5.41, 5.74) is 4.26. The van der Waals surface area contributed by atoms with Crippen LogP contribution in [0.25, 0.3) is 0 Å². The number of nitrogens with one attached hydrogen (secondary N) is 1. The highest BCUT2D eigenvalue weighted by atomic mass is 16.5. The first kappa shape index (κ1) is 20.9. The Morgan fingerprint density at radius 3 is 2.29 bits per heavy atom. The fourth-order valence-corrected chi connectivity index (χ4v) is 7.06. The summed E-state index contributed by atoms with van der Waals surface area (Å²) in [4.78, 5) is 0. The topological polar surface area (TPSA) is 30.5 Å². The lowest BCUT2D eigenvalue weighted by Crippen LogP contribution is -2.54. The van der Waals surface area contributed by atoms with Crippen LogP contribution in [0.15, 0.2) is 42.5 Å². The van der Waals surface area contributed by atoms with Crippen LogP contribution >= 0.6 is 0 Å². The molecule has 0 spiro atoms.